The summed E-state index contributed by atoms with van der Waals surface area (Å²) in [4.78, 5) is 48.9. The van der Waals surface area contributed by atoms with Crippen LogP contribution in [0, 0.1) is 0 Å². The van der Waals surface area contributed by atoms with Gasteiger partial charge < -0.3 is 19.5 Å². The second-order valence-electron chi connectivity index (χ2n) is 6.63. The highest BCUT2D eigenvalue weighted by molar-refractivity contribution is 7.17. The highest BCUT2D eigenvalue weighted by Crippen LogP contribution is 2.38. The van der Waals surface area contributed by atoms with Crippen molar-refractivity contribution in [1.82, 2.24) is 0 Å². The molecule has 0 aliphatic heterocycles. The van der Waals surface area contributed by atoms with Crippen molar-refractivity contribution in [2.75, 3.05) is 25.1 Å². The van der Waals surface area contributed by atoms with Crippen LogP contribution in [0.1, 0.15) is 34.6 Å². The van der Waals surface area contributed by atoms with Gasteiger partial charge in [0.15, 0.2) is 19.0 Å². The summed E-state index contributed by atoms with van der Waals surface area (Å²) in [5, 5.41) is 6.59. The molecule has 0 bridgehead atoms. The molecule has 0 aliphatic carbocycles. The molecule has 1 amide bonds. The molecule has 10 heteroatoms. The molecular weight excluding hydrogens is 466 g/mol. The third kappa shape index (κ3) is 6.50. The summed E-state index contributed by atoms with van der Waals surface area (Å²) < 4.78 is 15.4. The largest absolute Gasteiger partial charge is 0.482 e. The summed E-state index contributed by atoms with van der Waals surface area (Å²) in [7, 11) is 0. The molecule has 0 saturated heterocycles. The second kappa shape index (κ2) is 11.4. The van der Waals surface area contributed by atoms with E-state index in [0.29, 0.717) is 21.9 Å². The van der Waals surface area contributed by atoms with Gasteiger partial charge in [-0.2, -0.15) is 0 Å². The summed E-state index contributed by atoms with van der Waals surface area (Å²) in [6.07, 6.45) is 0. The molecule has 172 valence electrons. The van der Waals surface area contributed by atoms with E-state index in [4.69, 9.17) is 14.2 Å². The average Bonchev–Trinajstić information content (AvgIpc) is 3.46. The van der Waals surface area contributed by atoms with Crippen molar-refractivity contribution in [3.8, 4) is 16.2 Å². The van der Waals surface area contributed by atoms with Crippen LogP contribution in [-0.4, -0.2) is 43.4 Å². The van der Waals surface area contributed by atoms with E-state index in [0.717, 1.165) is 4.88 Å². The Hall–Kier alpha value is -3.50. The number of hydrogen-bond donors (Lipinski definition) is 1. The van der Waals surface area contributed by atoms with Crippen molar-refractivity contribution in [2.45, 2.75) is 13.8 Å². The Morgan fingerprint density at radius 2 is 1.73 bits per heavy atom. The zero-order valence-electron chi connectivity index (χ0n) is 17.9. The maximum absolute atomic E-state index is 12.5. The number of Topliss-reactive ketones (excluding diaryl/α,β-unsaturated/α-hetero) is 1. The Kier molecular flexibility index (Phi) is 8.34. The van der Waals surface area contributed by atoms with Crippen LogP contribution in [0.2, 0.25) is 0 Å². The maximum Gasteiger partial charge on any atom is 0.344 e. The fourth-order valence-electron chi connectivity index (χ4n) is 2.75. The van der Waals surface area contributed by atoms with E-state index >= 15 is 0 Å². The zero-order valence-corrected chi connectivity index (χ0v) is 19.5. The molecule has 3 rings (SSSR count). The number of thiophene rings is 2. The van der Waals surface area contributed by atoms with Crippen LogP contribution >= 0.6 is 22.7 Å². The summed E-state index contributed by atoms with van der Waals surface area (Å²) in [5.74, 6) is -1.57. The lowest BCUT2D eigenvalue weighted by molar-refractivity contribution is -0.149. The number of esters is 2. The molecule has 0 saturated carbocycles. The highest BCUT2D eigenvalue weighted by atomic mass is 32.1. The van der Waals surface area contributed by atoms with E-state index in [-0.39, 0.29) is 18.0 Å². The number of benzene rings is 1. The lowest BCUT2D eigenvalue weighted by Crippen LogP contribution is -2.24. The minimum atomic E-state index is -0.739. The highest BCUT2D eigenvalue weighted by Gasteiger charge is 2.23. The minimum absolute atomic E-state index is 0.0775. The van der Waals surface area contributed by atoms with Crippen molar-refractivity contribution >= 4 is 51.3 Å². The minimum Gasteiger partial charge on any atom is -0.482 e. The fraction of sp³-hybridized carbons (Fsp3) is 0.217. The van der Waals surface area contributed by atoms with Crippen LogP contribution in [0.4, 0.5) is 5.00 Å². The van der Waals surface area contributed by atoms with E-state index in [1.807, 2.05) is 17.5 Å². The molecule has 1 aromatic carbocycles. The summed E-state index contributed by atoms with van der Waals surface area (Å²) in [6, 6.07) is 10.0. The molecule has 0 spiro atoms. The summed E-state index contributed by atoms with van der Waals surface area (Å²) in [5.41, 5.74) is 1.46. The van der Waals surface area contributed by atoms with Crippen LogP contribution < -0.4 is 10.1 Å². The van der Waals surface area contributed by atoms with Crippen LogP contribution in [0.25, 0.3) is 10.4 Å². The van der Waals surface area contributed by atoms with Crippen molar-refractivity contribution in [2.24, 2.45) is 0 Å². The van der Waals surface area contributed by atoms with Crippen LogP contribution in [0.3, 0.4) is 0 Å². The van der Waals surface area contributed by atoms with Gasteiger partial charge in [-0.1, -0.05) is 6.07 Å². The Bertz CT molecular complexity index is 1130. The number of ether oxygens (including phenoxy) is 3. The van der Waals surface area contributed by atoms with Crippen molar-refractivity contribution in [3.63, 3.8) is 0 Å². The Morgan fingerprint density at radius 3 is 2.36 bits per heavy atom. The van der Waals surface area contributed by atoms with Gasteiger partial charge in [-0.3, -0.25) is 9.59 Å². The smallest absolute Gasteiger partial charge is 0.344 e. The summed E-state index contributed by atoms with van der Waals surface area (Å²) >= 11 is 2.65. The number of nitrogens with one attached hydrogen (secondary N) is 1. The quantitative estimate of drug-likeness (QED) is 0.333. The molecule has 0 fully saturated rings. The van der Waals surface area contributed by atoms with Gasteiger partial charge in [0.25, 0.3) is 5.91 Å². The number of ketones is 1. The fourth-order valence-corrected chi connectivity index (χ4v) is 4.54. The van der Waals surface area contributed by atoms with Crippen LogP contribution in [0.15, 0.2) is 47.2 Å². The first-order chi connectivity index (χ1) is 15.9. The van der Waals surface area contributed by atoms with Gasteiger partial charge in [0.2, 0.25) is 0 Å². The van der Waals surface area contributed by atoms with Gasteiger partial charge in [-0.25, -0.2) is 9.59 Å². The number of anilines is 1. The molecule has 0 atom stereocenters. The van der Waals surface area contributed by atoms with E-state index in [1.165, 1.54) is 29.6 Å². The van der Waals surface area contributed by atoms with Crippen molar-refractivity contribution in [3.05, 3.63) is 58.3 Å². The lowest BCUT2D eigenvalue weighted by atomic mass is 10.1. The van der Waals surface area contributed by atoms with Crippen LogP contribution in [0.5, 0.6) is 5.75 Å². The molecule has 8 nitrogen and oxygen atoms in total. The Morgan fingerprint density at radius 1 is 0.970 bits per heavy atom. The average molecular weight is 488 g/mol. The first-order valence-corrected chi connectivity index (χ1v) is 11.7. The molecule has 3 aromatic rings. The van der Waals surface area contributed by atoms with Crippen molar-refractivity contribution < 1.29 is 33.4 Å². The first kappa shape index (κ1) is 24.1. The molecule has 2 aromatic heterocycles. The summed E-state index contributed by atoms with van der Waals surface area (Å²) in [6.45, 7) is 2.41. The maximum atomic E-state index is 12.5. The SMILES string of the molecule is CCOC(=O)c1c(-c2cccs2)csc1NC(=O)COC(=O)COc1ccc(C(C)=O)cc1. The molecule has 0 aliphatic rings. The van der Waals surface area contributed by atoms with E-state index < -0.39 is 31.1 Å². The number of amides is 1. The topological polar surface area (TPSA) is 108 Å². The molecule has 33 heavy (non-hydrogen) atoms. The lowest BCUT2D eigenvalue weighted by Gasteiger charge is -2.09. The first-order valence-electron chi connectivity index (χ1n) is 9.90. The van der Waals surface area contributed by atoms with E-state index in [9.17, 15) is 19.2 Å². The van der Waals surface area contributed by atoms with Gasteiger partial charge in [-0.05, 0) is 49.6 Å². The molecule has 0 unspecified atom stereocenters. The number of rotatable bonds is 10. The van der Waals surface area contributed by atoms with Gasteiger partial charge >= 0.3 is 11.9 Å². The molecule has 2 heterocycles. The van der Waals surface area contributed by atoms with Gasteiger partial charge in [0, 0.05) is 21.4 Å². The van der Waals surface area contributed by atoms with Gasteiger partial charge in [0.05, 0.1) is 6.61 Å². The van der Waals surface area contributed by atoms with Gasteiger partial charge in [0.1, 0.15) is 16.3 Å². The Labute approximate surface area is 198 Å². The molecule has 1 N–H and O–H groups in total. The third-order valence-electron chi connectivity index (χ3n) is 4.29. The standard InChI is InChI=1S/C23H21NO7S2/c1-3-29-23(28)21-17(18-5-4-10-32-18)13-33-22(21)24-19(26)11-31-20(27)12-30-16-8-6-15(7-9-16)14(2)25/h4-10,13H,3,11-12H2,1-2H3,(H,24,26). The zero-order chi connectivity index (χ0) is 23.8. The second-order valence-corrected chi connectivity index (χ2v) is 8.46. The van der Waals surface area contributed by atoms with Crippen molar-refractivity contribution in [1.29, 1.82) is 0 Å². The van der Waals surface area contributed by atoms with E-state index in [1.54, 1.807) is 36.6 Å². The number of hydrogen-bond acceptors (Lipinski definition) is 9. The number of carbonyl (C=O) groups excluding carboxylic acids is 4. The monoisotopic (exact) mass is 487 g/mol. The molecule has 0 radical (unpaired) electrons. The van der Waals surface area contributed by atoms with E-state index in [2.05, 4.69) is 5.32 Å². The predicted molar refractivity (Wildman–Crippen MR) is 125 cm³/mol. The van der Waals surface area contributed by atoms with Crippen LogP contribution in [-0.2, 0) is 19.1 Å². The normalized spacial score (nSPS) is 10.4. The predicted octanol–water partition coefficient (Wildman–Crippen LogP) is 4.42. The van der Waals surface area contributed by atoms with Gasteiger partial charge in [-0.15, -0.1) is 22.7 Å². The Balaban J connectivity index is 1.55. The number of carbonyl (C=O) groups is 4. The third-order valence-corrected chi connectivity index (χ3v) is 6.09. The molecular formula is C23H21NO7S2.